The first kappa shape index (κ1) is 20.7. The van der Waals surface area contributed by atoms with Crippen LogP contribution in [0, 0.1) is 0 Å². The Morgan fingerprint density at radius 3 is 2.61 bits per heavy atom. The summed E-state index contributed by atoms with van der Waals surface area (Å²) >= 11 is 0. The molecule has 3 heterocycles. The average molecular weight is 419 g/mol. The molecule has 0 atom stereocenters. The molecule has 8 nitrogen and oxygen atoms in total. The van der Waals surface area contributed by atoms with E-state index in [-0.39, 0.29) is 17.5 Å². The van der Waals surface area contributed by atoms with Gasteiger partial charge in [0.15, 0.2) is 5.82 Å². The van der Waals surface area contributed by atoms with E-state index in [1.165, 1.54) is 0 Å². The van der Waals surface area contributed by atoms with Crippen LogP contribution in [0.25, 0.3) is 0 Å². The van der Waals surface area contributed by atoms with Crippen molar-refractivity contribution in [3.05, 3.63) is 83.7 Å². The van der Waals surface area contributed by atoms with Crippen molar-refractivity contribution in [3.63, 3.8) is 0 Å². The predicted molar refractivity (Wildman–Crippen MR) is 114 cm³/mol. The largest absolute Gasteiger partial charge is 0.383 e. The number of ether oxygens (including phenoxy) is 1. The lowest BCUT2D eigenvalue weighted by Gasteiger charge is -2.26. The van der Waals surface area contributed by atoms with E-state index in [4.69, 9.17) is 4.74 Å². The Labute approximate surface area is 181 Å². The molecule has 1 aliphatic rings. The zero-order valence-corrected chi connectivity index (χ0v) is 17.5. The molecule has 0 radical (unpaired) electrons. The number of amides is 2. The highest BCUT2D eigenvalue weighted by atomic mass is 16.5. The number of carbonyl (C=O) groups is 2. The molecule has 0 aliphatic carbocycles. The normalized spacial score (nSPS) is 13.2. The molecule has 0 saturated carbocycles. The Bertz CT molecular complexity index is 994. The molecule has 2 amide bonds. The van der Waals surface area contributed by atoms with Gasteiger partial charge in [-0.05, 0) is 17.2 Å². The third kappa shape index (κ3) is 4.80. The third-order valence-corrected chi connectivity index (χ3v) is 5.25. The molecule has 1 aromatic carbocycles. The van der Waals surface area contributed by atoms with E-state index in [1.54, 1.807) is 40.1 Å². The quantitative estimate of drug-likeness (QED) is 0.559. The number of fused-ring (bicyclic) bond motifs is 1. The molecule has 0 fully saturated rings. The van der Waals surface area contributed by atoms with Gasteiger partial charge in [-0.2, -0.15) is 0 Å². The van der Waals surface area contributed by atoms with Gasteiger partial charge in [-0.3, -0.25) is 14.6 Å². The highest BCUT2D eigenvalue weighted by Gasteiger charge is 2.29. The predicted octanol–water partition coefficient (Wildman–Crippen LogP) is 2.22. The molecule has 0 unspecified atom stereocenters. The van der Waals surface area contributed by atoms with Crippen molar-refractivity contribution in [2.45, 2.75) is 19.6 Å². The summed E-state index contributed by atoms with van der Waals surface area (Å²) in [7, 11) is 1.61. The zero-order chi connectivity index (χ0) is 21.6. The number of aromatic nitrogens is 3. The van der Waals surface area contributed by atoms with Crippen LogP contribution >= 0.6 is 0 Å². The highest BCUT2D eigenvalue weighted by Crippen LogP contribution is 2.17. The molecule has 0 bridgehead atoms. The van der Waals surface area contributed by atoms with Crippen molar-refractivity contribution in [3.8, 4) is 0 Å². The Morgan fingerprint density at radius 1 is 1.10 bits per heavy atom. The van der Waals surface area contributed by atoms with E-state index >= 15 is 0 Å². The van der Waals surface area contributed by atoms with Crippen LogP contribution in [0.4, 0.5) is 0 Å². The molecular weight excluding hydrogens is 394 g/mol. The third-order valence-electron chi connectivity index (χ3n) is 5.25. The minimum Gasteiger partial charge on any atom is -0.383 e. The number of methoxy groups -OCH3 is 1. The molecular formula is C23H25N5O3. The summed E-state index contributed by atoms with van der Waals surface area (Å²) in [6.07, 6.45) is 5.14. The van der Waals surface area contributed by atoms with Crippen molar-refractivity contribution in [1.29, 1.82) is 0 Å². The first-order valence-electron chi connectivity index (χ1n) is 10.2. The van der Waals surface area contributed by atoms with E-state index in [2.05, 4.69) is 9.97 Å². The number of nitrogens with zero attached hydrogens (tertiary/aromatic N) is 5. The fourth-order valence-electron chi connectivity index (χ4n) is 3.62. The number of hydrogen-bond acceptors (Lipinski definition) is 5. The van der Waals surface area contributed by atoms with E-state index in [0.717, 1.165) is 11.1 Å². The van der Waals surface area contributed by atoms with Gasteiger partial charge in [0.05, 0.1) is 6.61 Å². The van der Waals surface area contributed by atoms with Crippen molar-refractivity contribution >= 4 is 11.8 Å². The standard InChI is InChI=1S/C23H25N5O3/c1-31-13-12-26-10-11-27-17-20(25-21(27)23(26)30)22(29)28(15-18-6-3-2-4-7-18)16-19-8-5-9-24-14-19/h2-9,14,17H,10-13,15-16H2,1H3. The monoisotopic (exact) mass is 419 g/mol. The molecule has 31 heavy (non-hydrogen) atoms. The molecule has 3 aromatic rings. The maximum atomic E-state index is 13.4. The Balaban J connectivity index is 1.58. The summed E-state index contributed by atoms with van der Waals surface area (Å²) in [6, 6.07) is 13.6. The minimum absolute atomic E-state index is 0.177. The fourth-order valence-corrected chi connectivity index (χ4v) is 3.62. The molecule has 0 saturated heterocycles. The van der Waals surface area contributed by atoms with Gasteiger partial charge in [0.1, 0.15) is 5.69 Å². The summed E-state index contributed by atoms with van der Waals surface area (Å²) in [6.45, 7) is 2.98. The van der Waals surface area contributed by atoms with Gasteiger partial charge in [0, 0.05) is 58.4 Å². The van der Waals surface area contributed by atoms with Gasteiger partial charge in [0.25, 0.3) is 11.8 Å². The van der Waals surface area contributed by atoms with E-state index in [1.807, 2.05) is 42.5 Å². The minimum atomic E-state index is -0.217. The van der Waals surface area contributed by atoms with Gasteiger partial charge in [-0.25, -0.2) is 4.98 Å². The van der Waals surface area contributed by atoms with Crippen LogP contribution in [-0.2, 0) is 24.4 Å². The number of hydrogen-bond donors (Lipinski definition) is 0. The average Bonchev–Trinajstić information content (AvgIpc) is 3.24. The molecule has 2 aromatic heterocycles. The molecule has 0 spiro atoms. The fraction of sp³-hybridized carbons (Fsp3) is 0.304. The summed E-state index contributed by atoms with van der Waals surface area (Å²) in [5.74, 6) is -0.0955. The number of rotatable bonds is 8. The van der Waals surface area contributed by atoms with Crippen LogP contribution in [0.3, 0.4) is 0 Å². The zero-order valence-electron chi connectivity index (χ0n) is 17.5. The first-order chi connectivity index (χ1) is 15.2. The number of benzene rings is 1. The van der Waals surface area contributed by atoms with Crippen molar-refractivity contribution in [2.24, 2.45) is 0 Å². The van der Waals surface area contributed by atoms with E-state index in [0.29, 0.717) is 45.2 Å². The summed E-state index contributed by atoms with van der Waals surface area (Å²) < 4.78 is 6.85. The van der Waals surface area contributed by atoms with Crippen LogP contribution in [0.2, 0.25) is 0 Å². The molecule has 0 N–H and O–H groups in total. The lowest BCUT2D eigenvalue weighted by molar-refractivity contribution is 0.0633. The van der Waals surface area contributed by atoms with Crippen LogP contribution < -0.4 is 0 Å². The van der Waals surface area contributed by atoms with Crippen LogP contribution in [0.15, 0.2) is 61.1 Å². The van der Waals surface area contributed by atoms with Crippen LogP contribution in [-0.4, -0.2) is 63.0 Å². The van der Waals surface area contributed by atoms with Crippen LogP contribution in [0.5, 0.6) is 0 Å². The lowest BCUT2D eigenvalue weighted by atomic mass is 10.2. The topological polar surface area (TPSA) is 80.6 Å². The SMILES string of the molecule is COCCN1CCn2cc(C(=O)N(Cc3ccccc3)Cc3cccnc3)nc2C1=O. The first-order valence-corrected chi connectivity index (χ1v) is 10.2. The molecule has 8 heteroatoms. The Hall–Kier alpha value is -3.52. The van der Waals surface area contributed by atoms with Crippen molar-refractivity contribution in [2.75, 3.05) is 26.8 Å². The van der Waals surface area contributed by atoms with E-state index < -0.39 is 0 Å². The number of imidazole rings is 1. The molecule has 1 aliphatic heterocycles. The second-order valence-corrected chi connectivity index (χ2v) is 7.44. The second-order valence-electron chi connectivity index (χ2n) is 7.44. The second kappa shape index (κ2) is 9.53. The van der Waals surface area contributed by atoms with Gasteiger partial charge < -0.3 is 19.1 Å². The number of carbonyl (C=O) groups excluding carboxylic acids is 2. The number of pyridine rings is 1. The maximum Gasteiger partial charge on any atom is 0.290 e. The summed E-state index contributed by atoms with van der Waals surface area (Å²) in [4.78, 5) is 38.2. The smallest absolute Gasteiger partial charge is 0.290 e. The summed E-state index contributed by atoms with van der Waals surface area (Å²) in [5, 5.41) is 0. The summed E-state index contributed by atoms with van der Waals surface area (Å²) in [5.41, 5.74) is 2.22. The lowest BCUT2D eigenvalue weighted by Crippen LogP contribution is -2.42. The van der Waals surface area contributed by atoms with Gasteiger partial charge in [-0.1, -0.05) is 36.4 Å². The van der Waals surface area contributed by atoms with Gasteiger partial charge in [-0.15, -0.1) is 0 Å². The molecule has 4 rings (SSSR count). The molecule has 160 valence electrons. The van der Waals surface area contributed by atoms with Crippen LogP contribution in [0.1, 0.15) is 32.2 Å². The van der Waals surface area contributed by atoms with Crippen molar-refractivity contribution in [1.82, 2.24) is 24.3 Å². The maximum absolute atomic E-state index is 13.4. The Morgan fingerprint density at radius 2 is 1.87 bits per heavy atom. The Kier molecular flexibility index (Phi) is 6.37. The van der Waals surface area contributed by atoms with Gasteiger partial charge >= 0.3 is 0 Å². The van der Waals surface area contributed by atoms with Crippen molar-refractivity contribution < 1.29 is 14.3 Å². The van der Waals surface area contributed by atoms with Gasteiger partial charge in [0.2, 0.25) is 0 Å². The highest BCUT2D eigenvalue weighted by molar-refractivity contribution is 5.96. The van der Waals surface area contributed by atoms with E-state index in [9.17, 15) is 9.59 Å².